The number of methoxy groups -OCH3 is 1. The minimum Gasteiger partial charge on any atom is -0.383 e. The van der Waals surface area contributed by atoms with Crippen molar-refractivity contribution in [1.29, 1.82) is 0 Å². The molecular weight excluding hydrogens is 277 g/mol. The number of rotatable bonds is 7. The molecule has 4 heteroatoms. The number of hydrogen-bond donors (Lipinski definition) is 1. The summed E-state index contributed by atoms with van der Waals surface area (Å²) < 4.78 is 19.2. The average molecular weight is 300 g/mol. The van der Waals surface area contributed by atoms with Crippen molar-refractivity contribution in [2.45, 2.75) is 31.6 Å². The van der Waals surface area contributed by atoms with Gasteiger partial charge in [0.25, 0.3) is 0 Å². The zero-order valence-electron chi connectivity index (χ0n) is 12.0. The third kappa shape index (κ3) is 3.94. The molecule has 1 aliphatic rings. The molecule has 1 N–H and O–H groups in total. The highest BCUT2D eigenvalue weighted by Gasteiger charge is 2.29. The molecule has 1 aromatic carbocycles. The van der Waals surface area contributed by atoms with Crippen molar-refractivity contribution in [2.75, 3.05) is 26.8 Å². The second-order valence-electron chi connectivity index (χ2n) is 5.48. The van der Waals surface area contributed by atoms with Gasteiger partial charge in [0.2, 0.25) is 0 Å². The lowest BCUT2D eigenvalue weighted by Crippen LogP contribution is -2.29. The van der Waals surface area contributed by atoms with E-state index in [1.54, 1.807) is 19.2 Å². The molecule has 2 rings (SSSR count). The van der Waals surface area contributed by atoms with E-state index in [0.717, 1.165) is 13.1 Å². The van der Waals surface area contributed by atoms with Crippen LogP contribution in [0, 0.1) is 11.7 Å². The normalized spacial score (nSPS) is 17.6. The summed E-state index contributed by atoms with van der Waals surface area (Å²) in [5, 5.41) is 3.92. The van der Waals surface area contributed by atoms with Gasteiger partial charge in [-0.25, -0.2) is 4.39 Å². The summed E-state index contributed by atoms with van der Waals surface area (Å²) >= 11 is 6.25. The van der Waals surface area contributed by atoms with Gasteiger partial charge >= 0.3 is 0 Å². The standard InChI is InChI=1S/C16H23ClFNO/c1-20-10-9-19-11-13(12-5-2-3-6-12)16-14(17)7-4-8-15(16)18/h4,7-8,12-13,19H,2-3,5-6,9-11H2,1H3. The maximum atomic E-state index is 14.2. The molecule has 112 valence electrons. The first kappa shape index (κ1) is 15.7. The quantitative estimate of drug-likeness (QED) is 0.769. The van der Waals surface area contributed by atoms with E-state index < -0.39 is 0 Å². The predicted octanol–water partition coefficient (Wildman–Crippen LogP) is 3.99. The second-order valence-corrected chi connectivity index (χ2v) is 5.89. The van der Waals surface area contributed by atoms with Gasteiger partial charge in [0.1, 0.15) is 5.82 Å². The molecule has 1 aromatic rings. The van der Waals surface area contributed by atoms with Crippen LogP contribution in [0.25, 0.3) is 0 Å². The third-order valence-electron chi connectivity index (χ3n) is 4.19. The lowest BCUT2D eigenvalue weighted by molar-refractivity contribution is 0.197. The summed E-state index contributed by atoms with van der Waals surface area (Å²) in [4.78, 5) is 0. The van der Waals surface area contributed by atoms with Crippen LogP contribution in [-0.2, 0) is 4.74 Å². The smallest absolute Gasteiger partial charge is 0.128 e. The van der Waals surface area contributed by atoms with E-state index >= 15 is 0 Å². The Hall–Kier alpha value is -0.640. The van der Waals surface area contributed by atoms with E-state index in [1.165, 1.54) is 31.7 Å². The number of benzene rings is 1. The topological polar surface area (TPSA) is 21.3 Å². The van der Waals surface area contributed by atoms with Gasteiger partial charge in [-0.15, -0.1) is 0 Å². The van der Waals surface area contributed by atoms with Gasteiger partial charge < -0.3 is 10.1 Å². The Morgan fingerprint density at radius 2 is 2.15 bits per heavy atom. The van der Waals surface area contributed by atoms with E-state index in [2.05, 4.69) is 5.32 Å². The van der Waals surface area contributed by atoms with Gasteiger partial charge in [0.15, 0.2) is 0 Å². The van der Waals surface area contributed by atoms with Gasteiger partial charge in [0.05, 0.1) is 6.61 Å². The first-order valence-corrected chi connectivity index (χ1v) is 7.75. The van der Waals surface area contributed by atoms with E-state index in [-0.39, 0.29) is 11.7 Å². The highest BCUT2D eigenvalue weighted by atomic mass is 35.5. The lowest BCUT2D eigenvalue weighted by atomic mass is 9.84. The fraction of sp³-hybridized carbons (Fsp3) is 0.625. The first-order valence-electron chi connectivity index (χ1n) is 7.37. The van der Waals surface area contributed by atoms with E-state index in [9.17, 15) is 4.39 Å². The second kappa shape index (κ2) is 7.96. The number of hydrogen-bond acceptors (Lipinski definition) is 2. The molecule has 0 spiro atoms. The highest BCUT2D eigenvalue weighted by molar-refractivity contribution is 6.31. The van der Waals surface area contributed by atoms with Gasteiger partial charge in [-0.05, 0) is 30.9 Å². The van der Waals surface area contributed by atoms with Crippen molar-refractivity contribution in [2.24, 2.45) is 5.92 Å². The average Bonchev–Trinajstić information content (AvgIpc) is 2.95. The van der Waals surface area contributed by atoms with Crippen LogP contribution in [0.4, 0.5) is 4.39 Å². The van der Waals surface area contributed by atoms with E-state index in [4.69, 9.17) is 16.3 Å². The van der Waals surface area contributed by atoms with Gasteiger partial charge in [-0.1, -0.05) is 30.5 Å². The van der Waals surface area contributed by atoms with Crippen LogP contribution in [-0.4, -0.2) is 26.8 Å². The fourth-order valence-electron chi connectivity index (χ4n) is 3.16. The molecule has 0 amide bonds. The van der Waals surface area contributed by atoms with E-state index in [1.807, 2.05) is 0 Å². The minimum atomic E-state index is -0.178. The van der Waals surface area contributed by atoms with E-state index in [0.29, 0.717) is 23.1 Å². The number of nitrogens with one attached hydrogen (secondary N) is 1. The molecule has 1 unspecified atom stereocenters. The molecule has 1 atom stereocenters. The molecule has 1 fully saturated rings. The Balaban J connectivity index is 2.12. The zero-order valence-corrected chi connectivity index (χ0v) is 12.8. The van der Waals surface area contributed by atoms with Crippen LogP contribution in [0.3, 0.4) is 0 Å². The van der Waals surface area contributed by atoms with Gasteiger partial charge in [0, 0.05) is 36.7 Å². The van der Waals surface area contributed by atoms with Crippen LogP contribution in [0.2, 0.25) is 5.02 Å². The predicted molar refractivity (Wildman–Crippen MR) is 80.9 cm³/mol. The Morgan fingerprint density at radius 3 is 2.80 bits per heavy atom. The zero-order chi connectivity index (χ0) is 14.4. The Labute approximate surface area is 125 Å². The fourth-order valence-corrected chi connectivity index (χ4v) is 3.46. The van der Waals surface area contributed by atoms with Gasteiger partial charge in [-0.2, -0.15) is 0 Å². The monoisotopic (exact) mass is 299 g/mol. The summed E-state index contributed by atoms with van der Waals surface area (Å²) in [6, 6.07) is 4.97. The lowest BCUT2D eigenvalue weighted by Gasteiger charge is -2.25. The van der Waals surface area contributed by atoms with Crippen LogP contribution < -0.4 is 5.32 Å². The number of halogens is 2. The molecule has 1 saturated carbocycles. The largest absolute Gasteiger partial charge is 0.383 e. The van der Waals surface area contributed by atoms with Crippen LogP contribution >= 0.6 is 11.6 Å². The molecule has 0 saturated heterocycles. The highest BCUT2D eigenvalue weighted by Crippen LogP contribution is 2.40. The first-order chi connectivity index (χ1) is 9.74. The molecule has 0 heterocycles. The molecular formula is C16H23ClFNO. The van der Waals surface area contributed by atoms with Crippen molar-refractivity contribution in [3.05, 3.63) is 34.6 Å². The molecule has 1 aliphatic carbocycles. The Bertz CT molecular complexity index is 401. The molecule has 0 bridgehead atoms. The van der Waals surface area contributed by atoms with Crippen molar-refractivity contribution in [3.63, 3.8) is 0 Å². The SMILES string of the molecule is COCCNCC(c1c(F)cccc1Cl)C1CCCC1. The number of ether oxygens (including phenoxy) is 1. The maximum Gasteiger partial charge on any atom is 0.128 e. The van der Waals surface area contributed by atoms with Crippen molar-refractivity contribution in [3.8, 4) is 0 Å². The minimum absolute atomic E-state index is 0.156. The summed E-state index contributed by atoms with van der Waals surface area (Å²) in [6.07, 6.45) is 4.82. The Kier molecular flexibility index (Phi) is 6.27. The maximum absolute atomic E-state index is 14.2. The summed E-state index contributed by atoms with van der Waals surface area (Å²) in [7, 11) is 1.68. The van der Waals surface area contributed by atoms with Gasteiger partial charge in [-0.3, -0.25) is 0 Å². The third-order valence-corrected chi connectivity index (χ3v) is 4.52. The molecule has 0 aromatic heterocycles. The Morgan fingerprint density at radius 1 is 1.40 bits per heavy atom. The summed E-state index contributed by atoms with van der Waals surface area (Å²) in [5.74, 6) is 0.505. The van der Waals surface area contributed by atoms with Crippen LogP contribution in [0.15, 0.2) is 18.2 Å². The van der Waals surface area contributed by atoms with Crippen molar-refractivity contribution >= 4 is 11.6 Å². The van der Waals surface area contributed by atoms with Crippen molar-refractivity contribution < 1.29 is 9.13 Å². The van der Waals surface area contributed by atoms with Crippen LogP contribution in [0.5, 0.6) is 0 Å². The molecule has 2 nitrogen and oxygen atoms in total. The molecule has 0 aliphatic heterocycles. The molecule has 0 radical (unpaired) electrons. The summed E-state index contributed by atoms with van der Waals surface area (Å²) in [6.45, 7) is 2.21. The molecule has 20 heavy (non-hydrogen) atoms. The van der Waals surface area contributed by atoms with Crippen LogP contribution in [0.1, 0.15) is 37.2 Å². The van der Waals surface area contributed by atoms with Crippen molar-refractivity contribution in [1.82, 2.24) is 5.32 Å². The summed E-state index contributed by atoms with van der Waals surface area (Å²) in [5.41, 5.74) is 0.686.